The summed E-state index contributed by atoms with van der Waals surface area (Å²) in [6, 6.07) is 18.0. The van der Waals surface area contributed by atoms with Gasteiger partial charge >= 0.3 is 0 Å². The van der Waals surface area contributed by atoms with Gasteiger partial charge in [0.1, 0.15) is 0 Å². The van der Waals surface area contributed by atoms with Crippen molar-refractivity contribution in [1.29, 1.82) is 0 Å². The van der Waals surface area contributed by atoms with Crippen LogP contribution in [0.25, 0.3) is 0 Å². The van der Waals surface area contributed by atoms with Crippen LogP contribution in [0.15, 0.2) is 54.6 Å². The van der Waals surface area contributed by atoms with Gasteiger partial charge in [0.25, 0.3) is 0 Å². The number of benzene rings is 2. The Kier molecular flexibility index (Phi) is 4.62. The SMILES string of the molecule is COCC(Nc1ccccc1Cl)c1ccccc1. The van der Waals surface area contributed by atoms with E-state index in [1.807, 2.05) is 42.5 Å². The fourth-order valence-electron chi connectivity index (χ4n) is 1.84. The van der Waals surface area contributed by atoms with Crippen molar-refractivity contribution >= 4 is 17.3 Å². The summed E-state index contributed by atoms with van der Waals surface area (Å²) in [5.74, 6) is 0. The molecule has 0 aliphatic rings. The molecule has 2 rings (SSSR count). The van der Waals surface area contributed by atoms with E-state index < -0.39 is 0 Å². The first-order chi connectivity index (χ1) is 8.81. The topological polar surface area (TPSA) is 21.3 Å². The Balaban J connectivity index is 2.19. The van der Waals surface area contributed by atoms with Crippen molar-refractivity contribution < 1.29 is 4.74 Å². The van der Waals surface area contributed by atoms with E-state index in [1.54, 1.807) is 7.11 Å². The second-order valence-corrected chi connectivity index (χ2v) is 4.45. The van der Waals surface area contributed by atoms with Gasteiger partial charge in [0.2, 0.25) is 0 Å². The van der Waals surface area contributed by atoms with Gasteiger partial charge in [-0.2, -0.15) is 0 Å². The molecule has 2 aromatic rings. The van der Waals surface area contributed by atoms with Gasteiger partial charge in [-0.25, -0.2) is 0 Å². The minimum Gasteiger partial charge on any atom is -0.382 e. The highest BCUT2D eigenvalue weighted by atomic mass is 35.5. The van der Waals surface area contributed by atoms with E-state index >= 15 is 0 Å². The molecule has 0 heterocycles. The number of rotatable bonds is 5. The number of anilines is 1. The zero-order valence-electron chi connectivity index (χ0n) is 10.3. The molecule has 0 saturated heterocycles. The minimum atomic E-state index is 0.0936. The molecule has 3 heteroatoms. The summed E-state index contributed by atoms with van der Waals surface area (Å²) in [6.07, 6.45) is 0. The largest absolute Gasteiger partial charge is 0.382 e. The predicted octanol–water partition coefficient (Wildman–Crippen LogP) is 4.14. The van der Waals surface area contributed by atoms with Gasteiger partial charge in [-0.1, -0.05) is 54.1 Å². The summed E-state index contributed by atoms with van der Waals surface area (Å²) in [7, 11) is 1.70. The Morgan fingerprint density at radius 3 is 2.39 bits per heavy atom. The van der Waals surface area contributed by atoms with Crippen LogP contribution in [0, 0.1) is 0 Å². The van der Waals surface area contributed by atoms with Crippen molar-refractivity contribution in [1.82, 2.24) is 0 Å². The Morgan fingerprint density at radius 2 is 1.72 bits per heavy atom. The monoisotopic (exact) mass is 261 g/mol. The first kappa shape index (κ1) is 12.9. The standard InChI is InChI=1S/C15H16ClNO/c1-18-11-15(12-7-3-2-4-8-12)17-14-10-6-5-9-13(14)16/h2-10,15,17H,11H2,1H3. The fraction of sp³-hybridized carbons (Fsp3) is 0.200. The summed E-state index contributed by atoms with van der Waals surface area (Å²) in [5.41, 5.74) is 2.10. The van der Waals surface area contributed by atoms with Crippen LogP contribution in [0.1, 0.15) is 11.6 Å². The Hall–Kier alpha value is -1.51. The van der Waals surface area contributed by atoms with Crippen LogP contribution >= 0.6 is 11.6 Å². The maximum absolute atomic E-state index is 6.15. The van der Waals surface area contributed by atoms with Crippen molar-refractivity contribution in [2.45, 2.75) is 6.04 Å². The van der Waals surface area contributed by atoms with E-state index in [-0.39, 0.29) is 6.04 Å². The summed E-state index contributed by atoms with van der Waals surface area (Å²) >= 11 is 6.15. The number of nitrogens with one attached hydrogen (secondary N) is 1. The molecule has 2 aromatic carbocycles. The van der Waals surface area contributed by atoms with Crippen LogP contribution in [0.5, 0.6) is 0 Å². The van der Waals surface area contributed by atoms with Crippen LogP contribution in [0.3, 0.4) is 0 Å². The molecule has 94 valence electrons. The normalized spacial score (nSPS) is 12.1. The molecular weight excluding hydrogens is 246 g/mol. The highest BCUT2D eigenvalue weighted by Gasteiger charge is 2.11. The Morgan fingerprint density at radius 1 is 1.06 bits per heavy atom. The second-order valence-electron chi connectivity index (χ2n) is 4.04. The van der Waals surface area contributed by atoms with Gasteiger partial charge in [0, 0.05) is 7.11 Å². The lowest BCUT2D eigenvalue weighted by Crippen LogP contribution is -2.16. The second kappa shape index (κ2) is 6.43. The van der Waals surface area contributed by atoms with Crippen LogP contribution in [-0.2, 0) is 4.74 Å². The van der Waals surface area contributed by atoms with Crippen molar-refractivity contribution in [3.63, 3.8) is 0 Å². The lowest BCUT2D eigenvalue weighted by molar-refractivity contribution is 0.186. The number of ether oxygens (including phenoxy) is 1. The van der Waals surface area contributed by atoms with Crippen LogP contribution in [0.4, 0.5) is 5.69 Å². The quantitative estimate of drug-likeness (QED) is 0.873. The molecule has 18 heavy (non-hydrogen) atoms. The fourth-order valence-corrected chi connectivity index (χ4v) is 2.03. The van der Waals surface area contributed by atoms with Crippen LogP contribution in [0.2, 0.25) is 5.02 Å². The number of para-hydroxylation sites is 1. The zero-order valence-corrected chi connectivity index (χ0v) is 11.0. The zero-order chi connectivity index (χ0) is 12.8. The summed E-state index contributed by atoms with van der Waals surface area (Å²) in [6.45, 7) is 0.592. The summed E-state index contributed by atoms with van der Waals surface area (Å²) in [5, 5.41) is 4.12. The molecule has 1 unspecified atom stereocenters. The minimum absolute atomic E-state index is 0.0936. The van der Waals surface area contributed by atoms with Crippen LogP contribution < -0.4 is 5.32 Å². The highest BCUT2D eigenvalue weighted by molar-refractivity contribution is 6.33. The van der Waals surface area contributed by atoms with Crippen LogP contribution in [-0.4, -0.2) is 13.7 Å². The average molecular weight is 262 g/mol. The van der Waals surface area contributed by atoms with Crippen molar-refractivity contribution in [2.24, 2.45) is 0 Å². The Labute approximate surface area is 113 Å². The summed E-state index contributed by atoms with van der Waals surface area (Å²) < 4.78 is 5.26. The van der Waals surface area contributed by atoms with Gasteiger partial charge in [0.05, 0.1) is 23.4 Å². The third kappa shape index (κ3) is 3.25. The van der Waals surface area contributed by atoms with E-state index in [1.165, 1.54) is 5.56 Å². The number of methoxy groups -OCH3 is 1. The number of hydrogen-bond donors (Lipinski definition) is 1. The van der Waals surface area contributed by atoms with Crippen molar-refractivity contribution in [3.8, 4) is 0 Å². The molecule has 2 nitrogen and oxygen atoms in total. The molecule has 0 fully saturated rings. The molecule has 1 atom stereocenters. The van der Waals surface area contributed by atoms with Gasteiger partial charge < -0.3 is 10.1 Å². The van der Waals surface area contributed by atoms with E-state index in [9.17, 15) is 0 Å². The maximum Gasteiger partial charge on any atom is 0.0748 e. The molecule has 0 saturated carbocycles. The molecule has 1 N–H and O–H groups in total. The van der Waals surface area contributed by atoms with E-state index in [2.05, 4.69) is 17.4 Å². The average Bonchev–Trinajstić information content (AvgIpc) is 2.42. The predicted molar refractivity (Wildman–Crippen MR) is 76.1 cm³/mol. The number of hydrogen-bond acceptors (Lipinski definition) is 2. The van der Waals surface area contributed by atoms with E-state index in [4.69, 9.17) is 16.3 Å². The molecule has 0 amide bonds. The molecule has 0 radical (unpaired) electrons. The molecule has 0 aromatic heterocycles. The molecule has 0 bridgehead atoms. The smallest absolute Gasteiger partial charge is 0.0748 e. The Bertz CT molecular complexity index is 487. The molecule has 0 aliphatic carbocycles. The maximum atomic E-state index is 6.15. The molecule has 0 spiro atoms. The summed E-state index contributed by atoms with van der Waals surface area (Å²) in [4.78, 5) is 0. The van der Waals surface area contributed by atoms with Gasteiger partial charge in [-0.05, 0) is 17.7 Å². The van der Waals surface area contributed by atoms with Gasteiger partial charge in [-0.3, -0.25) is 0 Å². The third-order valence-corrected chi connectivity index (χ3v) is 3.07. The van der Waals surface area contributed by atoms with Crippen molar-refractivity contribution in [3.05, 3.63) is 65.2 Å². The lowest BCUT2D eigenvalue weighted by Gasteiger charge is -2.20. The molecule has 0 aliphatic heterocycles. The highest BCUT2D eigenvalue weighted by Crippen LogP contribution is 2.26. The van der Waals surface area contributed by atoms with E-state index in [0.29, 0.717) is 6.61 Å². The first-order valence-corrected chi connectivity index (χ1v) is 6.24. The van der Waals surface area contributed by atoms with Gasteiger partial charge in [0.15, 0.2) is 0 Å². The lowest BCUT2D eigenvalue weighted by atomic mass is 10.1. The van der Waals surface area contributed by atoms with Gasteiger partial charge in [-0.15, -0.1) is 0 Å². The van der Waals surface area contributed by atoms with Crippen molar-refractivity contribution in [2.75, 3.05) is 19.0 Å². The van der Waals surface area contributed by atoms with E-state index in [0.717, 1.165) is 10.7 Å². The molecular formula is C15H16ClNO. The third-order valence-electron chi connectivity index (χ3n) is 2.74. The number of halogens is 1. The first-order valence-electron chi connectivity index (χ1n) is 5.86.